The maximum absolute atomic E-state index is 15.0. The lowest BCUT2D eigenvalue weighted by Gasteiger charge is -2.12. The second-order valence-corrected chi connectivity index (χ2v) is 9.97. The molecule has 0 atom stereocenters. The maximum atomic E-state index is 15.0. The van der Waals surface area contributed by atoms with Gasteiger partial charge in [-0.2, -0.15) is 0 Å². The number of ether oxygens (including phenoxy) is 1. The van der Waals surface area contributed by atoms with E-state index in [4.69, 9.17) is 9.26 Å². The summed E-state index contributed by atoms with van der Waals surface area (Å²) in [6.07, 6.45) is 0.840. The maximum Gasteiger partial charge on any atom is 0.335 e. The molecule has 0 unspecified atom stereocenters. The Kier molecular flexibility index (Phi) is 6.26. The minimum atomic E-state index is -3.76. The zero-order valence-electron chi connectivity index (χ0n) is 19.7. The monoisotopic (exact) mass is 516 g/mol. The molecule has 0 aliphatic carbocycles. The van der Waals surface area contributed by atoms with Crippen LogP contribution in [0, 0.1) is 19.7 Å². The molecular formula is C23H21FN4O7S. The predicted octanol–water partition coefficient (Wildman–Crippen LogP) is 1.55. The summed E-state index contributed by atoms with van der Waals surface area (Å²) in [5.74, 6) is -1.58. The van der Waals surface area contributed by atoms with Gasteiger partial charge in [0.2, 0.25) is 10.0 Å². The summed E-state index contributed by atoms with van der Waals surface area (Å²) in [6.45, 7) is 2.78. The largest absolute Gasteiger partial charge is 0.483 e. The van der Waals surface area contributed by atoms with E-state index in [1.54, 1.807) is 36.8 Å². The molecule has 2 heterocycles. The molecule has 0 aliphatic rings. The number of aromatic nitrogens is 3. The smallest absolute Gasteiger partial charge is 0.335 e. The van der Waals surface area contributed by atoms with E-state index in [0.717, 1.165) is 17.9 Å². The van der Waals surface area contributed by atoms with Crippen LogP contribution in [0.2, 0.25) is 0 Å². The molecule has 0 saturated carbocycles. The summed E-state index contributed by atoms with van der Waals surface area (Å²) in [4.78, 5) is 37.3. The van der Waals surface area contributed by atoms with Gasteiger partial charge in [-0.3, -0.25) is 14.3 Å². The van der Waals surface area contributed by atoms with Crippen molar-refractivity contribution in [1.82, 2.24) is 19.0 Å². The number of hydrogen-bond acceptors (Lipinski definition) is 8. The van der Waals surface area contributed by atoms with Gasteiger partial charge in [0.1, 0.15) is 11.4 Å². The molecule has 0 spiro atoms. The second-order valence-electron chi connectivity index (χ2n) is 8.22. The van der Waals surface area contributed by atoms with Crippen molar-refractivity contribution in [3.05, 3.63) is 74.3 Å². The molecule has 36 heavy (non-hydrogen) atoms. The molecular weight excluding hydrogens is 495 g/mol. The van der Waals surface area contributed by atoms with Crippen LogP contribution in [0.5, 0.6) is 5.75 Å². The normalized spacial score (nSPS) is 11.6. The molecule has 0 bridgehead atoms. The quantitative estimate of drug-likeness (QED) is 0.407. The number of fused-ring (bicyclic) bond motifs is 1. The van der Waals surface area contributed by atoms with Crippen LogP contribution in [0.3, 0.4) is 0 Å². The summed E-state index contributed by atoms with van der Waals surface area (Å²) in [5, 5.41) is 4.29. The van der Waals surface area contributed by atoms with Crippen molar-refractivity contribution in [2.24, 2.45) is 7.05 Å². The van der Waals surface area contributed by atoms with Gasteiger partial charge < -0.3 is 13.8 Å². The average Bonchev–Trinajstić information content (AvgIpc) is 3.18. The molecule has 1 N–H and O–H groups in total. The number of benzene rings is 2. The third-order valence-electron chi connectivity index (χ3n) is 5.39. The molecule has 4 aromatic rings. The lowest BCUT2D eigenvalue weighted by Crippen LogP contribution is -2.38. The van der Waals surface area contributed by atoms with Gasteiger partial charge in [0.25, 0.3) is 11.5 Å². The Hall–Kier alpha value is -4.26. The highest BCUT2D eigenvalue weighted by molar-refractivity contribution is 7.89. The fourth-order valence-electron chi connectivity index (χ4n) is 3.61. The predicted molar refractivity (Wildman–Crippen MR) is 128 cm³/mol. The van der Waals surface area contributed by atoms with Crippen molar-refractivity contribution in [3.63, 3.8) is 0 Å². The molecule has 11 nitrogen and oxygen atoms in total. The molecule has 1 amide bonds. The topological polar surface area (TPSA) is 142 Å². The zero-order chi connectivity index (χ0) is 26.4. The van der Waals surface area contributed by atoms with E-state index in [1.807, 2.05) is 0 Å². The first kappa shape index (κ1) is 24.9. The molecule has 2 aromatic carbocycles. The molecule has 0 radical (unpaired) electrons. The van der Waals surface area contributed by atoms with Crippen LogP contribution in [-0.4, -0.2) is 41.5 Å². The Balaban J connectivity index is 1.85. The Bertz CT molecular complexity index is 1750. The standard InChI is InChI=1S/C23H21FN4O7S/c1-12-5-6-18(34-11-20(29)26-36(4,32)33)14(7-12)22-15-9-17(16(24)10-19(15)35-25-22)28-21(30)8-13(2)27(3)23(28)31/h5-10H,11H2,1-4H3,(H,26,29). The second kappa shape index (κ2) is 9.07. The van der Waals surface area contributed by atoms with E-state index in [1.165, 1.54) is 23.7 Å². The minimum Gasteiger partial charge on any atom is -0.483 e. The van der Waals surface area contributed by atoms with Crippen molar-refractivity contribution in [2.75, 3.05) is 12.9 Å². The zero-order valence-corrected chi connectivity index (χ0v) is 20.5. The highest BCUT2D eigenvalue weighted by Crippen LogP contribution is 2.36. The van der Waals surface area contributed by atoms with E-state index in [2.05, 4.69) is 5.16 Å². The summed E-state index contributed by atoms with van der Waals surface area (Å²) in [6, 6.07) is 8.45. The Morgan fingerprint density at radius 1 is 1.17 bits per heavy atom. The van der Waals surface area contributed by atoms with Gasteiger partial charge in [0.05, 0.1) is 17.3 Å². The molecule has 2 aromatic heterocycles. The van der Waals surface area contributed by atoms with Crippen LogP contribution >= 0.6 is 0 Å². The third-order valence-corrected chi connectivity index (χ3v) is 5.99. The van der Waals surface area contributed by atoms with Crippen LogP contribution < -0.4 is 20.7 Å². The van der Waals surface area contributed by atoms with Crippen molar-refractivity contribution in [3.8, 4) is 22.7 Å². The highest BCUT2D eigenvalue weighted by Gasteiger charge is 2.21. The average molecular weight is 517 g/mol. The van der Waals surface area contributed by atoms with Gasteiger partial charge in [-0.25, -0.2) is 22.2 Å². The molecule has 4 rings (SSSR count). The number of nitrogens with one attached hydrogen (secondary N) is 1. The third kappa shape index (κ3) is 4.77. The SMILES string of the molecule is Cc1ccc(OCC(=O)NS(C)(=O)=O)c(-c2noc3cc(F)c(-n4c(=O)cc(C)n(C)c4=O)cc23)c1. The van der Waals surface area contributed by atoms with Gasteiger partial charge in [-0.15, -0.1) is 0 Å². The summed E-state index contributed by atoms with van der Waals surface area (Å²) < 4.78 is 52.1. The molecule has 0 fully saturated rings. The van der Waals surface area contributed by atoms with Crippen molar-refractivity contribution in [2.45, 2.75) is 13.8 Å². The van der Waals surface area contributed by atoms with Crippen LogP contribution in [0.4, 0.5) is 4.39 Å². The number of aryl methyl sites for hydroxylation is 2. The number of halogens is 1. The fraction of sp³-hybridized carbons (Fsp3) is 0.217. The lowest BCUT2D eigenvalue weighted by atomic mass is 10.0. The summed E-state index contributed by atoms with van der Waals surface area (Å²) in [7, 11) is -2.30. The van der Waals surface area contributed by atoms with Crippen LogP contribution in [0.25, 0.3) is 27.9 Å². The van der Waals surface area contributed by atoms with E-state index < -0.39 is 39.6 Å². The molecule has 188 valence electrons. The first-order chi connectivity index (χ1) is 16.9. The Morgan fingerprint density at radius 3 is 2.58 bits per heavy atom. The first-order valence-electron chi connectivity index (χ1n) is 10.5. The molecule has 13 heteroatoms. The number of rotatable bonds is 6. The van der Waals surface area contributed by atoms with Gasteiger partial charge in [0, 0.05) is 30.4 Å². The van der Waals surface area contributed by atoms with Crippen LogP contribution in [-0.2, 0) is 21.9 Å². The van der Waals surface area contributed by atoms with Gasteiger partial charge in [-0.05, 0) is 32.0 Å². The number of carbonyl (C=O) groups is 1. The van der Waals surface area contributed by atoms with Crippen molar-refractivity contribution in [1.29, 1.82) is 0 Å². The number of nitrogens with zero attached hydrogens (tertiary/aromatic N) is 3. The Labute approximate surface area is 203 Å². The summed E-state index contributed by atoms with van der Waals surface area (Å²) in [5.41, 5.74) is 0.0877. The fourth-order valence-corrected chi connectivity index (χ4v) is 4.08. The number of sulfonamides is 1. The molecule has 0 saturated heterocycles. The van der Waals surface area contributed by atoms with Crippen molar-refractivity contribution >= 4 is 26.9 Å². The molecule has 0 aliphatic heterocycles. The summed E-state index contributed by atoms with van der Waals surface area (Å²) >= 11 is 0. The highest BCUT2D eigenvalue weighted by atomic mass is 32.2. The van der Waals surface area contributed by atoms with Gasteiger partial charge in [0.15, 0.2) is 18.0 Å². The lowest BCUT2D eigenvalue weighted by molar-refractivity contribution is -0.121. The van der Waals surface area contributed by atoms with Crippen molar-refractivity contribution < 1.29 is 26.9 Å². The minimum absolute atomic E-state index is 0.0468. The van der Waals surface area contributed by atoms with E-state index in [9.17, 15) is 27.2 Å². The van der Waals surface area contributed by atoms with Gasteiger partial charge in [-0.1, -0.05) is 16.8 Å². The first-order valence-corrected chi connectivity index (χ1v) is 12.4. The number of amides is 1. The van der Waals surface area contributed by atoms with Gasteiger partial charge >= 0.3 is 5.69 Å². The van der Waals surface area contributed by atoms with E-state index >= 15 is 0 Å². The van der Waals surface area contributed by atoms with Crippen LogP contribution in [0.1, 0.15) is 11.3 Å². The Morgan fingerprint density at radius 2 is 1.89 bits per heavy atom. The van der Waals surface area contributed by atoms with E-state index in [-0.39, 0.29) is 28.1 Å². The van der Waals surface area contributed by atoms with E-state index in [0.29, 0.717) is 15.8 Å². The van der Waals surface area contributed by atoms with Crippen LogP contribution in [0.15, 0.2) is 50.5 Å². The number of carbonyl (C=O) groups excluding carboxylic acids is 1. The number of hydrogen-bond donors (Lipinski definition) is 1.